The zero-order valence-electron chi connectivity index (χ0n) is 10.2. The molecule has 0 radical (unpaired) electrons. The molecule has 0 spiro atoms. The van der Waals surface area contributed by atoms with Gasteiger partial charge in [-0.05, 0) is 6.07 Å². The highest BCUT2D eigenvalue weighted by Crippen LogP contribution is 2.20. The highest BCUT2D eigenvalue weighted by Gasteiger charge is 2.34. The van der Waals surface area contributed by atoms with Crippen LogP contribution in [0.15, 0.2) is 12.3 Å². The molecular formula is C11H15N3O4. The van der Waals surface area contributed by atoms with E-state index in [1.807, 2.05) is 4.90 Å². The van der Waals surface area contributed by atoms with Gasteiger partial charge in [0, 0.05) is 33.5 Å². The van der Waals surface area contributed by atoms with Crippen LogP contribution >= 0.6 is 0 Å². The van der Waals surface area contributed by atoms with Crippen LogP contribution in [-0.4, -0.2) is 60.6 Å². The molecule has 0 amide bonds. The van der Waals surface area contributed by atoms with Gasteiger partial charge in [-0.15, -0.1) is 0 Å². The molecule has 0 aliphatic carbocycles. The van der Waals surface area contributed by atoms with E-state index in [0.29, 0.717) is 19.0 Å². The minimum Gasteiger partial charge on any atom is -0.477 e. The molecule has 2 atom stereocenters. The Balaban J connectivity index is 2.18. The largest absolute Gasteiger partial charge is 0.477 e. The van der Waals surface area contributed by atoms with Gasteiger partial charge in [-0.2, -0.15) is 0 Å². The van der Waals surface area contributed by atoms with E-state index in [4.69, 9.17) is 14.6 Å². The van der Waals surface area contributed by atoms with Gasteiger partial charge in [-0.1, -0.05) is 0 Å². The lowest BCUT2D eigenvalue weighted by Crippen LogP contribution is -2.27. The van der Waals surface area contributed by atoms with Gasteiger partial charge in [0.2, 0.25) is 5.95 Å². The predicted molar refractivity (Wildman–Crippen MR) is 62.8 cm³/mol. The fraction of sp³-hybridized carbons (Fsp3) is 0.545. The molecule has 1 saturated heterocycles. The van der Waals surface area contributed by atoms with Gasteiger partial charge >= 0.3 is 5.97 Å². The van der Waals surface area contributed by atoms with Crippen molar-refractivity contribution < 1.29 is 19.4 Å². The third-order valence-corrected chi connectivity index (χ3v) is 2.97. The predicted octanol–water partition coefficient (Wildman–Crippen LogP) is 0.0248. The maximum Gasteiger partial charge on any atom is 0.354 e. The molecule has 98 valence electrons. The summed E-state index contributed by atoms with van der Waals surface area (Å²) in [6, 6.07) is 1.36. The standard InChI is InChI=1S/C11H15N3O4/c1-17-8-5-14(6-9(8)18-2)11-12-4-3-7(13-11)10(15)16/h3-4,8-9H,5-6H2,1-2H3,(H,15,16). The quantitative estimate of drug-likeness (QED) is 0.809. The van der Waals surface area contributed by atoms with E-state index in [-0.39, 0.29) is 17.9 Å². The SMILES string of the molecule is COC1CN(c2nccc(C(=O)O)n2)CC1OC. The van der Waals surface area contributed by atoms with Crippen molar-refractivity contribution in [3.8, 4) is 0 Å². The van der Waals surface area contributed by atoms with Crippen LogP contribution in [-0.2, 0) is 9.47 Å². The van der Waals surface area contributed by atoms with Crippen molar-refractivity contribution in [3.63, 3.8) is 0 Å². The number of nitrogens with zero attached hydrogens (tertiary/aromatic N) is 3. The van der Waals surface area contributed by atoms with Crippen LogP contribution in [0.5, 0.6) is 0 Å². The van der Waals surface area contributed by atoms with Gasteiger partial charge in [-0.3, -0.25) is 0 Å². The number of hydrogen-bond donors (Lipinski definition) is 1. The van der Waals surface area contributed by atoms with Crippen LogP contribution in [0.3, 0.4) is 0 Å². The average molecular weight is 253 g/mol. The summed E-state index contributed by atoms with van der Waals surface area (Å²) in [5.41, 5.74) is -0.0187. The Kier molecular flexibility index (Phi) is 3.73. The van der Waals surface area contributed by atoms with Crippen LogP contribution in [0, 0.1) is 0 Å². The summed E-state index contributed by atoms with van der Waals surface area (Å²) in [6.07, 6.45) is 1.31. The number of carboxylic acid groups (broad SMARTS) is 1. The van der Waals surface area contributed by atoms with Gasteiger partial charge < -0.3 is 19.5 Å². The van der Waals surface area contributed by atoms with Gasteiger partial charge in [0.15, 0.2) is 5.69 Å². The van der Waals surface area contributed by atoms with Gasteiger partial charge in [-0.25, -0.2) is 14.8 Å². The molecule has 2 heterocycles. The number of methoxy groups -OCH3 is 2. The van der Waals surface area contributed by atoms with Crippen molar-refractivity contribution in [1.82, 2.24) is 9.97 Å². The third-order valence-electron chi connectivity index (χ3n) is 2.97. The van der Waals surface area contributed by atoms with Gasteiger partial charge in [0.1, 0.15) is 12.2 Å². The van der Waals surface area contributed by atoms with Crippen molar-refractivity contribution in [2.45, 2.75) is 12.2 Å². The van der Waals surface area contributed by atoms with Crippen LogP contribution in [0.1, 0.15) is 10.5 Å². The van der Waals surface area contributed by atoms with Crippen LogP contribution in [0.25, 0.3) is 0 Å². The molecule has 1 aromatic heterocycles. The fourth-order valence-electron chi connectivity index (χ4n) is 1.98. The molecule has 0 saturated carbocycles. The molecule has 1 fully saturated rings. The second-order valence-corrected chi connectivity index (χ2v) is 4.00. The van der Waals surface area contributed by atoms with E-state index in [1.54, 1.807) is 14.2 Å². The van der Waals surface area contributed by atoms with Crippen molar-refractivity contribution in [1.29, 1.82) is 0 Å². The van der Waals surface area contributed by atoms with Gasteiger partial charge in [0.25, 0.3) is 0 Å². The van der Waals surface area contributed by atoms with Crippen LogP contribution in [0.4, 0.5) is 5.95 Å². The summed E-state index contributed by atoms with van der Waals surface area (Å²) in [5.74, 6) is -0.680. The summed E-state index contributed by atoms with van der Waals surface area (Å²) < 4.78 is 10.6. The average Bonchev–Trinajstić information content (AvgIpc) is 2.82. The topological polar surface area (TPSA) is 84.8 Å². The van der Waals surface area contributed by atoms with E-state index < -0.39 is 5.97 Å². The van der Waals surface area contributed by atoms with Crippen molar-refractivity contribution in [3.05, 3.63) is 18.0 Å². The smallest absolute Gasteiger partial charge is 0.354 e. The second kappa shape index (κ2) is 5.28. The Morgan fingerprint density at radius 3 is 2.50 bits per heavy atom. The van der Waals surface area contributed by atoms with E-state index >= 15 is 0 Å². The fourth-order valence-corrected chi connectivity index (χ4v) is 1.98. The molecule has 1 aromatic rings. The normalized spacial score (nSPS) is 23.3. The van der Waals surface area contributed by atoms with Crippen molar-refractivity contribution in [2.75, 3.05) is 32.2 Å². The Morgan fingerprint density at radius 1 is 1.39 bits per heavy atom. The number of carboxylic acids is 1. The van der Waals surface area contributed by atoms with E-state index in [1.165, 1.54) is 12.3 Å². The van der Waals surface area contributed by atoms with E-state index in [0.717, 1.165) is 0 Å². The number of aromatic carboxylic acids is 1. The maximum absolute atomic E-state index is 10.9. The molecule has 7 nitrogen and oxygen atoms in total. The van der Waals surface area contributed by atoms with E-state index in [9.17, 15) is 4.79 Å². The highest BCUT2D eigenvalue weighted by atomic mass is 16.5. The summed E-state index contributed by atoms with van der Waals surface area (Å²) in [7, 11) is 3.24. The van der Waals surface area contributed by atoms with Crippen LogP contribution in [0.2, 0.25) is 0 Å². The first-order chi connectivity index (χ1) is 8.65. The number of hydrogen-bond acceptors (Lipinski definition) is 6. The summed E-state index contributed by atoms with van der Waals surface area (Å²) in [6.45, 7) is 1.16. The number of aromatic nitrogens is 2. The molecule has 1 aliphatic rings. The third kappa shape index (κ3) is 2.41. The first-order valence-corrected chi connectivity index (χ1v) is 5.52. The molecule has 0 bridgehead atoms. The Bertz CT molecular complexity index is 428. The molecule has 1 N–H and O–H groups in total. The lowest BCUT2D eigenvalue weighted by Gasteiger charge is -2.15. The number of rotatable bonds is 4. The maximum atomic E-state index is 10.9. The lowest BCUT2D eigenvalue weighted by atomic mass is 10.3. The minimum absolute atomic E-state index is 0.0187. The molecule has 7 heteroatoms. The molecule has 2 unspecified atom stereocenters. The zero-order chi connectivity index (χ0) is 13.1. The first-order valence-electron chi connectivity index (χ1n) is 5.52. The second-order valence-electron chi connectivity index (χ2n) is 4.00. The van der Waals surface area contributed by atoms with Gasteiger partial charge in [0.05, 0.1) is 0 Å². The molecule has 2 rings (SSSR count). The molecule has 1 aliphatic heterocycles. The molecular weight excluding hydrogens is 238 g/mol. The van der Waals surface area contributed by atoms with Crippen LogP contribution < -0.4 is 4.90 Å². The van der Waals surface area contributed by atoms with Crippen molar-refractivity contribution in [2.24, 2.45) is 0 Å². The number of carbonyl (C=O) groups is 1. The Labute approximate surface area is 104 Å². The summed E-state index contributed by atoms with van der Waals surface area (Å²) in [5, 5.41) is 8.89. The monoisotopic (exact) mass is 253 g/mol. The highest BCUT2D eigenvalue weighted by molar-refractivity contribution is 5.85. The number of anilines is 1. The minimum atomic E-state index is -1.07. The zero-order valence-corrected chi connectivity index (χ0v) is 10.2. The summed E-state index contributed by atoms with van der Waals surface area (Å²) in [4.78, 5) is 20.8. The first kappa shape index (κ1) is 12.7. The summed E-state index contributed by atoms with van der Waals surface area (Å²) >= 11 is 0. The molecule has 18 heavy (non-hydrogen) atoms. The Hall–Kier alpha value is -1.73. The Morgan fingerprint density at radius 2 is 2.00 bits per heavy atom. The van der Waals surface area contributed by atoms with E-state index in [2.05, 4.69) is 9.97 Å². The van der Waals surface area contributed by atoms with Crippen molar-refractivity contribution >= 4 is 11.9 Å². The molecule has 0 aromatic carbocycles. The number of ether oxygens (including phenoxy) is 2. The lowest BCUT2D eigenvalue weighted by molar-refractivity contribution is -0.00461.